The van der Waals surface area contributed by atoms with Crippen molar-refractivity contribution in [2.45, 2.75) is 26.3 Å². The standard InChI is InChI=1S/C13H19N3O3/c1-13(2,3)16-12(18)8-4-5-9(14)10(6-8)19-7-11(15)17/h4-6H,7,14H2,1-3H3,(H2,15,17)(H,16,18). The lowest BCUT2D eigenvalue weighted by atomic mass is 10.1. The summed E-state index contributed by atoms with van der Waals surface area (Å²) in [6.07, 6.45) is 0. The minimum Gasteiger partial charge on any atom is -0.482 e. The molecule has 0 aliphatic heterocycles. The van der Waals surface area contributed by atoms with Crippen molar-refractivity contribution in [2.24, 2.45) is 5.73 Å². The predicted molar refractivity (Wildman–Crippen MR) is 72.8 cm³/mol. The summed E-state index contributed by atoms with van der Waals surface area (Å²) < 4.78 is 5.14. The van der Waals surface area contributed by atoms with E-state index in [0.717, 1.165) is 0 Å². The molecule has 0 spiro atoms. The molecule has 6 nitrogen and oxygen atoms in total. The van der Waals surface area contributed by atoms with Gasteiger partial charge in [-0.25, -0.2) is 0 Å². The third-order valence-corrected chi connectivity index (χ3v) is 2.13. The van der Waals surface area contributed by atoms with Crippen molar-refractivity contribution in [3.8, 4) is 5.75 Å². The molecule has 2 amide bonds. The van der Waals surface area contributed by atoms with E-state index in [1.165, 1.54) is 6.07 Å². The zero-order valence-corrected chi connectivity index (χ0v) is 11.3. The number of benzene rings is 1. The molecular formula is C13H19N3O3. The van der Waals surface area contributed by atoms with E-state index < -0.39 is 5.91 Å². The number of ether oxygens (including phenoxy) is 1. The molecule has 0 aliphatic carbocycles. The van der Waals surface area contributed by atoms with Crippen LogP contribution >= 0.6 is 0 Å². The van der Waals surface area contributed by atoms with Crippen LogP contribution in [0, 0.1) is 0 Å². The minimum atomic E-state index is -0.607. The number of hydrogen-bond donors (Lipinski definition) is 3. The van der Waals surface area contributed by atoms with Crippen molar-refractivity contribution in [1.82, 2.24) is 5.32 Å². The summed E-state index contributed by atoms with van der Waals surface area (Å²) in [5.74, 6) is -0.583. The molecule has 0 aliphatic rings. The van der Waals surface area contributed by atoms with Crippen LogP contribution in [0.25, 0.3) is 0 Å². The van der Waals surface area contributed by atoms with E-state index in [1.54, 1.807) is 12.1 Å². The van der Waals surface area contributed by atoms with Crippen molar-refractivity contribution >= 4 is 17.5 Å². The average Bonchev–Trinajstić information content (AvgIpc) is 2.25. The van der Waals surface area contributed by atoms with Gasteiger partial charge in [-0.3, -0.25) is 9.59 Å². The highest BCUT2D eigenvalue weighted by Crippen LogP contribution is 2.23. The monoisotopic (exact) mass is 265 g/mol. The number of nitrogen functional groups attached to an aromatic ring is 1. The van der Waals surface area contributed by atoms with Gasteiger partial charge in [-0.15, -0.1) is 0 Å². The van der Waals surface area contributed by atoms with Gasteiger partial charge in [0, 0.05) is 11.1 Å². The van der Waals surface area contributed by atoms with Gasteiger partial charge in [0.15, 0.2) is 6.61 Å². The Morgan fingerprint density at radius 3 is 2.47 bits per heavy atom. The molecule has 1 rings (SSSR count). The van der Waals surface area contributed by atoms with E-state index in [4.69, 9.17) is 16.2 Å². The number of amides is 2. The fourth-order valence-corrected chi connectivity index (χ4v) is 1.36. The molecular weight excluding hydrogens is 246 g/mol. The van der Waals surface area contributed by atoms with Gasteiger partial charge in [0.25, 0.3) is 11.8 Å². The van der Waals surface area contributed by atoms with Gasteiger partial charge in [0.05, 0.1) is 5.69 Å². The van der Waals surface area contributed by atoms with Crippen LogP contribution in [0.5, 0.6) is 5.75 Å². The van der Waals surface area contributed by atoms with Crippen molar-refractivity contribution < 1.29 is 14.3 Å². The van der Waals surface area contributed by atoms with Gasteiger partial charge in [-0.2, -0.15) is 0 Å². The Bertz CT molecular complexity index is 492. The molecule has 19 heavy (non-hydrogen) atoms. The fraction of sp³-hybridized carbons (Fsp3) is 0.385. The van der Waals surface area contributed by atoms with Crippen LogP contribution in [0.4, 0.5) is 5.69 Å². The van der Waals surface area contributed by atoms with Crippen LogP contribution in [-0.2, 0) is 4.79 Å². The molecule has 0 saturated carbocycles. The second-order valence-electron chi connectivity index (χ2n) is 5.21. The summed E-state index contributed by atoms with van der Waals surface area (Å²) in [7, 11) is 0. The predicted octanol–water partition coefficient (Wildman–Crippen LogP) is 0.661. The van der Waals surface area contributed by atoms with E-state index >= 15 is 0 Å². The number of carbonyl (C=O) groups excluding carboxylic acids is 2. The number of anilines is 1. The number of rotatable bonds is 4. The van der Waals surface area contributed by atoms with Crippen LogP contribution in [0.1, 0.15) is 31.1 Å². The van der Waals surface area contributed by atoms with Gasteiger partial charge in [-0.05, 0) is 39.0 Å². The number of nitrogens with two attached hydrogens (primary N) is 2. The average molecular weight is 265 g/mol. The summed E-state index contributed by atoms with van der Waals surface area (Å²) in [5.41, 5.74) is 11.1. The topological polar surface area (TPSA) is 107 Å². The van der Waals surface area contributed by atoms with Crippen molar-refractivity contribution in [2.75, 3.05) is 12.3 Å². The highest BCUT2D eigenvalue weighted by Gasteiger charge is 2.16. The molecule has 0 bridgehead atoms. The summed E-state index contributed by atoms with van der Waals surface area (Å²) in [4.78, 5) is 22.6. The van der Waals surface area contributed by atoms with E-state index in [-0.39, 0.29) is 23.8 Å². The largest absolute Gasteiger partial charge is 0.482 e. The Balaban J connectivity index is 2.89. The van der Waals surface area contributed by atoms with Gasteiger partial charge in [0.2, 0.25) is 0 Å². The third kappa shape index (κ3) is 4.87. The first-order valence-electron chi connectivity index (χ1n) is 5.82. The number of carbonyl (C=O) groups is 2. The maximum absolute atomic E-state index is 12.0. The normalized spacial score (nSPS) is 10.9. The van der Waals surface area contributed by atoms with Crippen molar-refractivity contribution in [3.63, 3.8) is 0 Å². The molecule has 104 valence electrons. The molecule has 1 aromatic rings. The second-order valence-corrected chi connectivity index (χ2v) is 5.21. The lowest BCUT2D eigenvalue weighted by Gasteiger charge is -2.20. The SMILES string of the molecule is CC(C)(C)NC(=O)c1ccc(N)c(OCC(N)=O)c1. The highest BCUT2D eigenvalue weighted by atomic mass is 16.5. The lowest BCUT2D eigenvalue weighted by Crippen LogP contribution is -2.40. The highest BCUT2D eigenvalue weighted by molar-refractivity contribution is 5.95. The Morgan fingerprint density at radius 2 is 1.95 bits per heavy atom. The Morgan fingerprint density at radius 1 is 1.32 bits per heavy atom. The van der Waals surface area contributed by atoms with Crippen molar-refractivity contribution in [3.05, 3.63) is 23.8 Å². The first kappa shape index (κ1) is 14.8. The van der Waals surface area contributed by atoms with E-state index in [9.17, 15) is 9.59 Å². The van der Waals surface area contributed by atoms with E-state index in [2.05, 4.69) is 5.32 Å². The summed E-state index contributed by atoms with van der Waals surface area (Å²) >= 11 is 0. The van der Waals surface area contributed by atoms with E-state index in [0.29, 0.717) is 11.3 Å². The van der Waals surface area contributed by atoms with Crippen LogP contribution in [0.15, 0.2) is 18.2 Å². The summed E-state index contributed by atoms with van der Waals surface area (Å²) in [5, 5.41) is 2.82. The van der Waals surface area contributed by atoms with Gasteiger partial charge >= 0.3 is 0 Å². The molecule has 0 fully saturated rings. The Hall–Kier alpha value is -2.24. The fourth-order valence-electron chi connectivity index (χ4n) is 1.36. The first-order valence-corrected chi connectivity index (χ1v) is 5.82. The Kier molecular flexibility index (Phi) is 4.37. The molecule has 0 saturated heterocycles. The zero-order valence-electron chi connectivity index (χ0n) is 11.3. The Labute approximate surface area is 112 Å². The third-order valence-electron chi connectivity index (χ3n) is 2.13. The van der Waals surface area contributed by atoms with Crippen LogP contribution < -0.4 is 21.5 Å². The van der Waals surface area contributed by atoms with Crippen molar-refractivity contribution in [1.29, 1.82) is 0 Å². The van der Waals surface area contributed by atoms with E-state index in [1.807, 2.05) is 20.8 Å². The van der Waals surface area contributed by atoms with Crippen LogP contribution in [0.3, 0.4) is 0 Å². The molecule has 6 heteroatoms. The number of nitrogens with one attached hydrogen (secondary N) is 1. The lowest BCUT2D eigenvalue weighted by molar-refractivity contribution is -0.119. The second kappa shape index (κ2) is 5.60. The quantitative estimate of drug-likeness (QED) is 0.695. The first-order chi connectivity index (χ1) is 8.69. The molecule has 0 aromatic heterocycles. The van der Waals surface area contributed by atoms with Gasteiger partial charge in [-0.1, -0.05) is 0 Å². The number of hydrogen-bond acceptors (Lipinski definition) is 4. The summed E-state index contributed by atoms with van der Waals surface area (Å²) in [6.45, 7) is 5.36. The van der Waals surface area contributed by atoms with Gasteiger partial charge in [0.1, 0.15) is 5.75 Å². The molecule has 1 aromatic carbocycles. The maximum atomic E-state index is 12.0. The summed E-state index contributed by atoms with van der Waals surface area (Å²) in [6, 6.07) is 4.63. The molecule has 0 radical (unpaired) electrons. The molecule has 0 atom stereocenters. The van der Waals surface area contributed by atoms with Crippen LogP contribution in [0.2, 0.25) is 0 Å². The molecule has 0 heterocycles. The smallest absolute Gasteiger partial charge is 0.255 e. The molecule has 5 N–H and O–H groups in total. The van der Waals surface area contributed by atoms with Crippen LogP contribution in [-0.4, -0.2) is 24.0 Å². The molecule has 0 unspecified atom stereocenters. The number of primary amides is 1. The maximum Gasteiger partial charge on any atom is 0.255 e. The van der Waals surface area contributed by atoms with Gasteiger partial charge < -0.3 is 21.5 Å². The minimum absolute atomic E-state index is 0.239. The zero-order chi connectivity index (χ0) is 14.6.